The molecule has 1 aliphatic rings. The van der Waals surface area contributed by atoms with E-state index in [0.717, 1.165) is 12.8 Å². The first-order chi connectivity index (χ1) is 11.3. The van der Waals surface area contributed by atoms with Crippen LogP contribution in [0.25, 0.3) is 0 Å². The van der Waals surface area contributed by atoms with Crippen LogP contribution in [0.2, 0.25) is 0 Å². The van der Waals surface area contributed by atoms with Crippen LogP contribution in [0.1, 0.15) is 30.1 Å². The summed E-state index contributed by atoms with van der Waals surface area (Å²) in [5.74, 6) is -0.343. The van der Waals surface area contributed by atoms with Gasteiger partial charge in [-0.25, -0.2) is 17.9 Å². The lowest BCUT2D eigenvalue weighted by atomic mass is 9.99. The number of likely N-dealkylation sites (tertiary alicyclic amines) is 1. The number of nitrogens with one attached hydrogen (secondary N) is 1. The lowest BCUT2D eigenvalue weighted by molar-refractivity contribution is -0.135. The average Bonchev–Trinajstić information content (AvgIpc) is 2.60. The third-order valence-electron chi connectivity index (χ3n) is 4.11. The van der Waals surface area contributed by atoms with Gasteiger partial charge in [-0.3, -0.25) is 4.79 Å². The molecule has 1 heterocycles. The minimum absolute atomic E-state index is 0.0317. The fourth-order valence-corrected chi connectivity index (χ4v) is 3.24. The Hall–Kier alpha value is -1.93. The summed E-state index contributed by atoms with van der Waals surface area (Å²) in [6.07, 6.45) is 1.90. The van der Waals surface area contributed by atoms with E-state index in [-0.39, 0.29) is 23.0 Å². The second kappa shape index (κ2) is 7.76. The summed E-state index contributed by atoms with van der Waals surface area (Å²) >= 11 is 0. The van der Waals surface area contributed by atoms with Crippen molar-refractivity contribution in [1.82, 2.24) is 9.62 Å². The predicted octanol–water partition coefficient (Wildman–Crippen LogP) is 1.01. The summed E-state index contributed by atoms with van der Waals surface area (Å²) in [6.45, 7) is 3.16. The quantitative estimate of drug-likeness (QED) is 0.797. The number of carbonyl (C=O) groups is 2. The van der Waals surface area contributed by atoms with E-state index < -0.39 is 16.0 Å². The zero-order valence-electron chi connectivity index (χ0n) is 13.8. The van der Waals surface area contributed by atoms with Crippen LogP contribution in [0.4, 0.5) is 0 Å². The second-order valence-corrected chi connectivity index (χ2v) is 7.76. The number of sulfonamides is 1. The normalized spacial score (nSPS) is 16.0. The summed E-state index contributed by atoms with van der Waals surface area (Å²) in [6, 6.07) is 5.50. The first-order valence-electron chi connectivity index (χ1n) is 7.82. The molecule has 1 saturated heterocycles. The molecule has 0 aromatic heterocycles. The highest BCUT2D eigenvalue weighted by molar-refractivity contribution is 7.89. The minimum Gasteiger partial charge on any atom is -0.452 e. The first kappa shape index (κ1) is 18.4. The molecule has 132 valence electrons. The van der Waals surface area contributed by atoms with Crippen molar-refractivity contribution >= 4 is 21.9 Å². The van der Waals surface area contributed by atoms with Crippen LogP contribution < -0.4 is 4.72 Å². The van der Waals surface area contributed by atoms with Crippen molar-refractivity contribution in [3.63, 3.8) is 0 Å². The van der Waals surface area contributed by atoms with Crippen molar-refractivity contribution in [2.75, 3.05) is 26.7 Å². The number of ether oxygens (including phenoxy) is 1. The van der Waals surface area contributed by atoms with E-state index in [1.807, 2.05) is 0 Å². The van der Waals surface area contributed by atoms with Gasteiger partial charge < -0.3 is 9.64 Å². The van der Waals surface area contributed by atoms with Gasteiger partial charge in [0, 0.05) is 13.1 Å². The highest BCUT2D eigenvalue weighted by Crippen LogP contribution is 2.16. The Bertz CT molecular complexity index is 709. The van der Waals surface area contributed by atoms with Gasteiger partial charge in [-0.15, -0.1) is 0 Å². The summed E-state index contributed by atoms with van der Waals surface area (Å²) in [4.78, 5) is 25.8. The van der Waals surface area contributed by atoms with E-state index in [4.69, 9.17) is 4.74 Å². The molecule has 0 bridgehead atoms. The van der Waals surface area contributed by atoms with E-state index in [0.29, 0.717) is 19.0 Å². The number of nitrogens with zero attached hydrogens (tertiary/aromatic N) is 1. The van der Waals surface area contributed by atoms with Crippen LogP contribution in [0.5, 0.6) is 0 Å². The van der Waals surface area contributed by atoms with Crippen molar-refractivity contribution < 1.29 is 22.7 Å². The Balaban J connectivity index is 1.95. The van der Waals surface area contributed by atoms with Gasteiger partial charge in [0.2, 0.25) is 10.0 Å². The van der Waals surface area contributed by atoms with E-state index >= 15 is 0 Å². The number of rotatable bonds is 5. The summed E-state index contributed by atoms with van der Waals surface area (Å²) in [5, 5.41) is 0. The standard InChI is InChI=1S/C16H22N2O5S/c1-12-6-8-18(9-7-12)15(19)11-23-16(20)13-4-3-5-14(10-13)24(21,22)17-2/h3-5,10,12,17H,6-9,11H2,1-2H3. The van der Waals surface area contributed by atoms with Gasteiger partial charge in [-0.1, -0.05) is 13.0 Å². The van der Waals surface area contributed by atoms with E-state index in [9.17, 15) is 18.0 Å². The van der Waals surface area contributed by atoms with Crippen LogP contribution in [-0.2, 0) is 19.6 Å². The second-order valence-electron chi connectivity index (χ2n) is 5.87. The van der Waals surface area contributed by atoms with Gasteiger partial charge in [0.15, 0.2) is 6.61 Å². The molecule has 1 aromatic carbocycles. The Labute approximate surface area is 142 Å². The molecule has 1 aliphatic heterocycles. The SMILES string of the molecule is CNS(=O)(=O)c1cccc(C(=O)OCC(=O)N2CCC(C)CC2)c1. The molecule has 1 aromatic rings. The van der Waals surface area contributed by atoms with Crippen LogP contribution in [-0.4, -0.2) is 51.9 Å². The predicted molar refractivity (Wildman–Crippen MR) is 87.9 cm³/mol. The highest BCUT2D eigenvalue weighted by atomic mass is 32.2. The molecular weight excluding hydrogens is 332 g/mol. The van der Waals surface area contributed by atoms with Crippen molar-refractivity contribution in [2.45, 2.75) is 24.7 Å². The van der Waals surface area contributed by atoms with E-state index in [1.165, 1.54) is 31.3 Å². The van der Waals surface area contributed by atoms with Gasteiger partial charge in [-0.2, -0.15) is 0 Å². The molecular formula is C16H22N2O5S. The molecule has 0 atom stereocenters. The van der Waals surface area contributed by atoms with E-state index in [1.54, 1.807) is 4.90 Å². The monoisotopic (exact) mass is 354 g/mol. The molecule has 0 unspecified atom stereocenters. The number of benzene rings is 1. The number of hydrogen-bond donors (Lipinski definition) is 1. The number of hydrogen-bond acceptors (Lipinski definition) is 5. The van der Waals surface area contributed by atoms with E-state index in [2.05, 4.69) is 11.6 Å². The number of piperidine rings is 1. The average molecular weight is 354 g/mol. The lowest BCUT2D eigenvalue weighted by Gasteiger charge is -2.30. The van der Waals surface area contributed by atoms with Gasteiger partial charge in [-0.05, 0) is 44.0 Å². The molecule has 2 rings (SSSR count). The third kappa shape index (κ3) is 4.55. The molecule has 0 spiro atoms. The first-order valence-corrected chi connectivity index (χ1v) is 9.30. The molecule has 0 radical (unpaired) electrons. The number of carbonyl (C=O) groups excluding carboxylic acids is 2. The minimum atomic E-state index is -3.64. The fourth-order valence-electron chi connectivity index (χ4n) is 2.47. The maximum Gasteiger partial charge on any atom is 0.338 e. The molecule has 7 nitrogen and oxygen atoms in total. The highest BCUT2D eigenvalue weighted by Gasteiger charge is 2.22. The van der Waals surface area contributed by atoms with Crippen LogP contribution in [0.3, 0.4) is 0 Å². The van der Waals surface area contributed by atoms with Crippen LogP contribution >= 0.6 is 0 Å². The Morgan fingerprint density at radius 3 is 2.58 bits per heavy atom. The maximum atomic E-state index is 12.1. The zero-order chi connectivity index (χ0) is 17.7. The molecule has 8 heteroatoms. The molecule has 0 saturated carbocycles. The summed E-state index contributed by atoms with van der Waals surface area (Å²) < 4.78 is 30.7. The molecule has 0 aliphatic carbocycles. The largest absolute Gasteiger partial charge is 0.452 e. The third-order valence-corrected chi connectivity index (χ3v) is 5.52. The fraction of sp³-hybridized carbons (Fsp3) is 0.500. The number of amides is 1. The zero-order valence-corrected chi connectivity index (χ0v) is 14.6. The van der Waals surface area contributed by atoms with Crippen molar-refractivity contribution in [2.24, 2.45) is 5.92 Å². The van der Waals surface area contributed by atoms with Gasteiger partial charge in [0.05, 0.1) is 10.5 Å². The van der Waals surface area contributed by atoms with Crippen molar-refractivity contribution in [3.05, 3.63) is 29.8 Å². The topological polar surface area (TPSA) is 92.8 Å². The smallest absolute Gasteiger partial charge is 0.338 e. The Morgan fingerprint density at radius 2 is 1.96 bits per heavy atom. The molecule has 24 heavy (non-hydrogen) atoms. The maximum absolute atomic E-state index is 12.1. The van der Waals surface area contributed by atoms with Crippen LogP contribution in [0, 0.1) is 5.92 Å². The van der Waals surface area contributed by atoms with Crippen molar-refractivity contribution in [3.8, 4) is 0 Å². The van der Waals surface area contributed by atoms with Gasteiger partial charge in [0.25, 0.3) is 5.91 Å². The van der Waals surface area contributed by atoms with Crippen LogP contribution in [0.15, 0.2) is 29.2 Å². The molecule has 1 fully saturated rings. The van der Waals surface area contributed by atoms with Gasteiger partial charge >= 0.3 is 5.97 Å². The van der Waals surface area contributed by atoms with Crippen molar-refractivity contribution in [1.29, 1.82) is 0 Å². The summed E-state index contributed by atoms with van der Waals surface area (Å²) in [5.41, 5.74) is 0.0893. The molecule has 1 amide bonds. The Morgan fingerprint density at radius 1 is 1.29 bits per heavy atom. The number of esters is 1. The molecule has 1 N–H and O–H groups in total. The summed E-state index contributed by atoms with van der Waals surface area (Å²) in [7, 11) is -2.35. The Kier molecular flexibility index (Phi) is 5.95. The van der Waals surface area contributed by atoms with Gasteiger partial charge in [0.1, 0.15) is 0 Å². The lowest BCUT2D eigenvalue weighted by Crippen LogP contribution is -2.40.